The number of hydrogen-bond acceptors (Lipinski definition) is 4. The molecular formula is C25H23ClN2O5. The molecule has 1 atom stereocenters. The molecule has 3 rings (SSSR count). The minimum Gasteiger partial charge on any atom is -0.489 e. The minimum atomic E-state index is -1.01. The van der Waals surface area contributed by atoms with Crippen molar-refractivity contribution in [2.24, 2.45) is 0 Å². The van der Waals surface area contributed by atoms with Crippen molar-refractivity contribution in [3.05, 3.63) is 99.6 Å². The molecule has 33 heavy (non-hydrogen) atoms. The van der Waals surface area contributed by atoms with Crippen LogP contribution in [0.5, 0.6) is 5.75 Å². The summed E-state index contributed by atoms with van der Waals surface area (Å²) in [5.41, 5.74) is 2.38. The second-order valence-electron chi connectivity index (χ2n) is 7.32. The summed E-state index contributed by atoms with van der Waals surface area (Å²) in [6.45, 7) is 1.90. The van der Waals surface area contributed by atoms with E-state index in [-0.39, 0.29) is 30.0 Å². The van der Waals surface area contributed by atoms with Crippen LogP contribution in [0.25, 0.3) is 0 Å². The number of rotatable bonds is 8. The summed E-state index contributed by atoms with van der Waals surface area (Å²) in [5.74, 6) is -1.09. The molecule has 0 saturated heterocycles. The number of carboxylic acid groups (broad SMARTS) is 1. The fourth-order valence-electron chi connectivity index (χ4n) is 3.19. The van der Waals surface area contributed by atoms with Crippen molar-refractivity contribution in [1.82, 2.24) is 10.6 Å². The molecule has 0 fully saturated rings. The predicted octanol–water partition coefficient (Wildman–Crippen LogP) is 4.47. The molecule has 0 spiro atoms. The van der Waals surface area contributed by atoms with Gasteiger partial charge in [0.1, 0.15) is 12.4 Å². The third-order valence-electron chi connectivity index (χ3n) is 5.04. The van der Waals surface area contributed by atoms with Gasteiger partial charge in [-0.3, -0.25) is 9.59 Å². The molecule has 0 aliphatic rings. The normalized spacial score (nSPS) is 11.4. The van der Waals surface area contributed by atoms with Gasteiger partial charge in [0.25, 0.3) is 11.8 Å². The lowest BCUT2D eigenvalue weighted by Crippen LogP contribution is -2.27. The van der Waals surface area contributed by atoms with Crippen LogP contribution in [0, 0.1) is 0 Å². The van der Waals surface area contributed by atoms with Crippen LogP contribution in [0.15, 0.2) is 66.7 Å². The van der Waals surface area contributed by atoms with E-state index in [9.17, 15) is 14.4 Å². The van der Waals surface area contributed by atoms with E-state index in [0.717, 1.165) is 5.56 Å². The fraction of sp³-hybridized carbons (Fsp3) is 0.160. The summed E-state index contributed by atoms with van der Waals surface area (Å²) in [5, 5.41) is 14.9. The second kappa shape index (κ2) is 10.7. The first kappa shape index (κ1) is 23.8. The van der Waals surface area contributed by atoms with Gasteiger partial charge in [-0.05, 0) is 55.0 Å². The molecule has 3 aromatic carbocycles. The van der Waals surface area contributed by atoms with Crippen molar-refractivity contribution in [2.45, 2.75) is 19.6 Å². The molecule has 0 radical (unpaired) electrons. The first-order valence-corrected chi connectivity index (χ1v) is 10.5. The van der Waals surface area contributed by atoms with E-state index in [1.54, 1.807) is 68.6 Å². The summed E-state index contributed by atoms with van der Waals surface area (Å²) in [7, 11) is 1.55. The van der Waals surface area contributed by atoms with Crippen LogP contribution in [-0.2, 0) is 6.61 Å². The average molecular weight is 467 g/mol. The number of carboxylic acids is 1. The van der Waals surface area contributed by atoms with E-state index >= 15 is 0 Å². The van der Waals surface area contributed by atoms with Gasteiger partial charge >= 0.3 is 5.97 Å². The predicted molar refractivity (Wildman–Crippen MR) is 125 cm³/mol. The Labute approximate surface area is 196 Å². The third kappa shape index (κ3) is 6.11. The Morgan fingerprint density at radius 2 is 1.70 bits per heavy atom. The number of benzene rings is 3. The van der Waals surface area contributed by atoms with E-state index in [4.69, 9.17) is 21.4 Å². The zero-order chi connectivity index (χ0) is 24.0. The maximum Gasteiger partial charge on any atom is 0.335 e. The van der Waals surface area contributed by atoms with Gasteiger partial charge in [-0.2, -0.15) is 0 Å². The summed E-state index contributed by atoms with van der Waals surface area (Å²) < 4.78 is 5.82. The van der Waals surface area contributed by atoms with E-state index in [2.05, 4.69) is 10.6 Å². The highest BCUT2D eigenvalue weighted by Crippen LogP contribution is 2.21. The molecule has 0 aliphatic heterocycles. The number of aromatic carboxylic acids is 1. The Morgan fingerprint density at radius 1 is 0.970 bits per heavy atom. The number of carbonyl (C=O) groups is 3. The third-order valence-corrected chi connectivity index (χ3v) is 5.27. The summed E-state index contributed by atoms with van der Waals surface area (Å²) in [4.78, 5) is 35.9. The maximum absolute atomic E-state index is 13.0. The molecule has 3 aromatic rings. The first-order chi connectivity index (χ1) is 15.8. The van der Waals surface area contributed by atoms with Crippen molar-refractivity contribution in [3.63, 3.8) is 0 Å². The topological polar surface area (TPSA) is 105 Å². The Hall–Kier alpha value is -3.84. The quantitative estimate of drug-likeness (QED) is 0.454. The summed E-state index contributed by atoms with van der Waals surface area (Å²) in [6.07, 6.45) is 0. The monoisotopic (exact) mass is 466 g/mol. The van der Waals surface area contributed by atoms with Gasteiger partial charge in [0.15, 0.2) is 0 Å². The maximum atomic E-state index is 13.0. The molecule has 7 nitrogen and oxygen atoms in total. The number of amides is 2. The van der Waals surface area contributed by atoms with Gasteiger partial charge in [0, 0.05) is 28.8 Å². The molecule has 0 bridgehead atoms. The zero-order valence-corrected chi connectivity index (χ0v) is 18.8. The molecule has 3 N–H and O–H groups in total. The molecule has 0 aromatic heterocycles. The van der Waals surface area contributed by atoms with Gasteiger partial charge in [-0.25, -0.2) is 4.79 Å². The SMILES string of the molecule is CNC(=O)c1cccc(OCc2ccc(Cl)cc2C(=O)N[C@@H](C)c2ccc(C(=O)O)cc2)c1. The van der Waals surface area contributed by atoms with E-state index in [1.807, 2.05) is 0 Å². The lowest BCUT2D eigenvalue weighted by Gasteiger charge is -2.17. The van der Waals surface area contributed by atoms with Crippen LogP contribution in [0.1, 0.15) is 55.2 Å². The van der Waals surface area contributed by atoms with E-state index in [0.29, 0.717) is 27.5 Å². The first-order valence-electron chi connectivity index (χ1n) is 10.2. The van der Waals surface area contributed by atoms with Crippen LogP contribution in [0.4, 0.5) is 0 Å². The highest BCUT2D eigenvalue weighted by molar-refractivity contribution is 6.31. The Morgan fingerprint density at radius 3 is 2.36 bits per heavy atom. The van der Waals surface area contributed by atoms with Gasteiger partial charge in [-0.15, -0.1) is 0 Å². The Bertz CT molecular complexity index is 1180. The summed E-state index contributed by atoms with van der Waals surface area (Å²) in [6, 6.07) is 17.6. The molecule has 2 amide bonds. The average Bonchev–Trinajstić information content (AvgIpc) is 2.82. The van der Waals surface area contributed by atoms with Gasteiger partial charge in [0.2, 0.25) is 0 Å². The van der Waals surface area contributed by atoms with Crippen molar-refractivity contribution in [3.8, 4) is 5.75 Å². The van der Waals surface area contributed by atoms with E-state index in [1.165, 1.54) is 12.1 Å². The molecule has 0 aliphatic carbocycles. The van der Waals surface area contributed by atoms with Gasteiger partial charge < -0.3 is 20.5 Å². The molecule has 0 heterocycles. The highest BCUT2D eigenvalue weighted by atomic mass is 35.5. The van der Waals surface area contributed by atoms with Crippen LogP contribution in [0.2, 0.25) is 5.02 Å². The largest absolute Gasteiger partial charge is 0.489 e. The van der Waals surface area contributed by atoms with Crippen molar-refractivity contribution in [2.75, 3.05) is 7.05 Å². The van der Waals surface area contributed by atoms with Crippen LogP contribution in [-0.4, -0.2) is 29.9 Å². The molecule has 8 heteroatoms. The standard InChI is InChI=1S/C25H23ClN2O5/c1-15(16-6-8-17(9-7-16)25(31)32)28-24(30)22-13-20(26)11-10-19(22)14-33-21-5-3-4-18(12-21)23(29)27-2/h3-13,15H,14H2,1-2H3,(H,27,29)(H,28,30)(H,31,32)/t15-/m0/s1. The lowest BCUT2D eigenvalue weighted by molar-refractivity contribution is 0.0696. The Balaban J connectivity index is 1.74. The van der Waals surface area contributed by atoms with Gasteiger partial charge in [0.05, 0.1) is 11.6 Å². The number of nitrogens with one attached hydrogen (secondary N) is 2. The molecule has 0 saturated carbocycles. The fourth-order valence-corrected chi connectivity index (χ4v) is 3.36. The van der Waals surface area contributed by atoms with Gasteiger partial charge in [-0.1, -0.05) is 35.9 Å². The van der Waals surface area contributed by atoms with Crippen LogP contribution in [0.3, 0.4) is 0 Å². The van der Waals surface area contributed by atoms with Crippen molar-refractivity contribution >= 4 is 29.4 Å². The number of hydrogen-bond donors (Lipinski definition) is 3. The number of ether oxygens (including phenoxy) is 1. The van der Waals surface area contributed by atoms with Crippen LogP contribution < -0.4 is 15.4 Å². The van der Waals surface area contributed by atoms with Crippen LogP contribution >= 0.6 is 11.6 Å². The molecule has 170 valence electrons. The second-order valence-corrected chi connectivity index (χ2v) is 7.76. The Kier molecular flexibility index (Phi) is 7.69. The minimum absolute atomic E-state index is 0.0960. The highest BCUT2D eigenvalue weighted by Gasteiger charge is 2.17. The van der Waals surface area contributed by atoms with Crippen molar-refractivity contribution < 1.29 is 24.2 Å². The number of halogens is 1. The zero-order valence-electron chi connectivity index (χ0n) is 18.1. The molecular weight excluding hydrogens is 444 g/mol. The van der Waals surface area contributed by atoms with Crippen molar-refractivity contribution in [1.29, 1.82) is 0 Å². The van der Waals surface area contributed by atoms with E-state index < -0.39 is 5.97 Å². The number of carbonyl (C=O) groups excluding carboxylic acids is 2. The molecule has 0 unspecified atom stereocenters. The smallest absolute Gasteiger partial charge is 0.335 e. The lowest BCUT2D eigenvalue weighted by atomic mass is 10.0. The summed E-state index contributed by atoms with van der Waals surface area (Å²) >= 11 is 6.13.